The van der Waals surface area contributed by atoms with E-state index in [0.717, 1.165) is 0 Å². The van der Waals surface area contributed by atoms with Crippen molar-refractivity contribution in [2.45, 2.75) is 25.2 Å². The summed E-state index contributed by atoms with van der Waals surface area (Å²) >= 11 is 1.28. The van der Waals surface area contributed by atoms with Gasteiger partial charge in [0.05, 0.1) is 29.8 Å². The number of thiazole rings is 1. The van der Waals surface area contributed by atoms with Gasteiger partial charge in [-0.25, -0.2) is 18.2 Å². The van der Waals surface area contributed by atoms with Crippen LogP contribution in [-0.2, 0) is 21.2 Å². The van der Waals surface area contributed by atoms with Crippen molar-refractivity contribution >= 4 is 44.1 Å². The number of nitrogens with one attached hydrogen (secondary N) is 2. The van der Waals surface area contributed by atoms with Crippen molar-refractivity contribution in [1.29, 1.82) is 0 Å². The lowest BCUT2D eigenvalue weighted by molar-refractivity contribution is -0.115. The third kappa shape index (κ3) is 4.97. The number of nitrogens with zero attached hydrogens (tertiary/aromatic N) is 3. The molecule has 0 aliphatic carbocycles. The molecule has 168 valence electrons. The van der Waals surface area contributed by atoms with Crippen LogP contribution in [-0.4, -0.2) is 62.9 Å². The van der Waals surface area contributed by atoms with Crippen LogP contribution in [0.15, 0.2) is 28.5 Å². The van der Waals surface area contributed by atoms with Gasteiger partial charge in [0.15, 0.2) is 5.13 Å². The minimum Gasteiger partial charge on any atom is -0.495 e. The number of carbonyl (C=O) groups excluding carboxylic acids is 2. The van der Waals surface area contributed by atoms with Crippen LogP contribution in [0.2, 0.25) is 0 Å². The highest BCUT2D eigenvalue weighted by Gasteiger charge is 2.25. The summed E-state index contributed by atoms with van der Waals surface area (Å²) in [5.74, 6) is -0.0297. The van der Waals surface area contributed by atoms with Crippen molar-refractivity contribution in [3.8, 4) is 5.75 Å². The predicted molar refractivity (Wildman–Crippen MR) is 118 cm³/mol. The first-order valence-corrected chi connectivity index (χ1v) is 12.1. The Balaban J connectivity index is 1.76. The summed E-state index contributed by atoms with van der Waals surface area (Å²) in [6, 6.07) is 4.15. The molecule has 2 heterocycles. The van der Waals surface area contributed by atoms with E-state index in [2.05, 4.69) is 15.6 Å². The third-order valence-electron chi connectivity index (χ3n) is 4.76. The van der Waals surface area contributed by atoms with Crippen molar-refractivity contribution in [3.63, 3.8) is 0 Å². The van der Waals surface area contributed by atoms with Crippen molar-refractivity contribution in [3.05, 3.63) is 29.3 Å². The fourth-order valence-corrected chi connectivity index (χ4v) is 5.51. The molecule has 10 nitrogen and oxygen atoms in total. The molecule has 2 N–H and O–H groups in total. The maximum atomic E-state index is 12.8. The summed E-state index contributed by atoms with van der Waals surface area (Å²) in [4.78, 5) is 30.3. The Morgan fingerprint density at radius 1 is 1.35 bits per heavy atom. The molecule has 12 heteroatoms. The fourth-order valence-electron chi connectivity index (χ4n) is 3.17. The summed E-state index contributed by atoms with van der Waals surface area (Å²) < 4.78 is 32.2. The number of aromatic nitrogens is 1. The van der Waals surface area contributed by atoms with Gasteiger partial charge in [-0.05, 0) is 18.2 Å². The van der Waals surface area contributed by atoms with Crippen LogP contribution in [0.4, 0.5) is 15.6 Å². The molecule has 1 aliphatic heterocycles. The van der Waals surface area contributed by atoms with Crippen LogP contribution >= 0.6 is 11.3 Å². The number of sulfonamides is 1. The summed E-state index contributed by atoms with van der Waals surface area (Å²) in [7, 11) is -2.24. The lowest BCUT2D eigenvalue weighted by atomic mass is 10.2. The Morgan fingerprint density at radius 3 is 2.71 bits per heavy atom. The zero-order valence-corrected chi connectivity index (χ0v) is 19.2. The van der Waals surface area contributed by atoms with Crippen molar-refractivity contribution < 1.29 is 22.7 Å². The second kappa shape index (κ2) is 9.62. The average molecular weight is 468 g/mol. The van der Waals surface area contributed by atoms with Crippen LogP contribution in [0.25, 0.3) is 0 Å². The van der Waals surface area contributed by atoms with Crippen molar-refractivity contribution in [1.82, 2.24) is 14.6 Å². The average Bonchev–Trinajstić information content (AvgIpc) is 3.37. The standard InChI is InChI=1S/C19H25N5O5S2/c1-4-23(5-2)31(27,28)14-6-7-16(29-3)15(11-14)22-17(25)10-13-12-30-19(21-13)24-9-8-20-18(24)26/h6-7,11-12H,4-5,8-10H2,1-3H3,(H,20,26)(H,22,25). The van der Waals surface area contributed by atoms with Crippen molar-refractivity contribution in [2.24, 2.45) is 0 Å². The van der Waals surface area contributed by atoms with E-state index in [1.54, 1.807) is 19.2 Å². The molecule has 2 aromatic rings. The molecule has 1 fully saturated rings. The molecule has 3 amide bonds. The Labute approximate surface area is 185 Å². The Bertz CT molecular complexity index is 1070. The monoisotopic (exact) mass is 467 g/mol. The Kier molecular flexibility index (Phi) is 7.13. The number of ether oxygens (including phenoxy) is 1. The molecule has 1 saturated heterocycles. The summed E-state index contributed by atoms with van der Waals surface area (Å²) in [6.07, 6.45) is -0.0257. The molecule has 1 aromatic carbocycles. The van der Waals surface area contributed by atoms with Gasteiger partial charge in [-0.15, -0.1) is 11.3 Å². The molecule has 31 heavy (non-hydrogen) atoms. The number of anilines is 2. The smallest absolute Gasteiger partial charge is 0.323 e. The van der Waals surface area contributed by atoms with Gasteiger partial charge < -0.3 is 15.4 Å². The van der Waals surface area contributed by atoms with Gasteiger partial charge in [-0.2, -0.15) is 4.31 Å². The zero-order chi connectivity index (χ0) is 22.6. The SMILES string of the molecule is CCN(CC)S(=O)(=O)c1ccc(OC)c(NC(=O)Cc2csc(N3CCNC3=O)n2)c1. The Hall–Kier alpha value is -2.70. The molecular formula is C19H25N5O5S2. The molecule has 0 saturated carbocycles. The highest BCUT2D eigenvalue weighted by molar-refractivity contribution is 7.89. The van der Waals surface area contributed by atoms with E-state index >= 15 is 0 Å². The van der Waals surface area contributed by atoms with E-state index in [1.807, 2.05) is 0 Å². The molecule has 0 unspecified atom stereocenters. The van der Waals surface area contributed by atoms with Crippen molar-refractivity contribution in [2.75, 3.05) is 43.5 Å². The number of benzene rings is 1. The molecular weight excluding hydrogens is 442 g/mol. The van der Waals surface area contributed by atoms with Crippen LogP contribution < -0.4 is 20.3 Å². The fraction of sp³-hybridized carbons (Fsp3) is 0.421. The van der Waals surface area contributed by atoms with E-state index in [4.69, 9.17) is 4.74 Å². The molecule has 0 spiro atoms. The minimum absolute atomic E-state index is 0.0257. The van der Waals surface area contributed by atoms with E-state index < -0.39 is 10.0 Å². The van der Waals surface area contributed by atoms with Gasteiger partial charge in [0.25, 0.3) is 0 Å². The van der Waals surface area contributed by atoms with Gasteiger partial charge in [0.1, 0.15) is 5.75 Å². The first-order chi connectivity index (χ1) is 14.8. The molecule has 0 atom stereocenters. The first-order valence-electron chi connectivity index (χ1n) is 9.78. The quantitative estimate of drug-likeness (QED) is 0.581. The van der Waals surface area contributed by atoms with Gasteiger partial charge >= 0.3 is 6.03 Å². The third-order valence-corrected chi connectivity index (χ3v) is 7.72. The largest absolute Gasteiger partial charge is 0.495 e. The molecule has 1 aliphatic rings. The predicted octanol–water partition coefficient (Wildman–Crippen LogP) is 1.89. The highest BCUT2D eigenvalue weighted by atomic mass is 32.2. The van der Waals surface area contributed by atoms with E-state index in [0.29, 0.717) is 42.8 Å². The highest BCUT2D eigenvalue weighted by Crippen LogP contribution is 2.29. The Morgan fingerprint density at radius 2 is 2.10 bits per heavy atom. The summed E-state index contributed by atoms with van der Waals surface area (Å²) in [5, 5.41) is 7.67. The number of rotatable bonds is 9. The second-order valence-corrected chi connectivity index (χ2v) is 9.46. The zero-order valence-electron chi connectivity index (χ0n) is 17.5. The lowest BCUT2D eigenvalue weighted by Crippen LogP contribution is -2.30. The number of methoxy groups -OCH3 is 1. The maximum Gasteiger partial charge on any atom is 0.323 e. The first kappa shape index (κ1) is 23.0. The molecule has 0 bridgehead atoms. The topological polar surface area (TPSA) is 121 Å². The summed E-state index contributed by atoms with van der Waals surface area (Å²) in [5.41, 5.74) is 0.776. The number of urea groups is 1. The summed E-state index contributed by atoms with van der Waals surface area (Å²) in [6.45, 7) is 5.30. The normalized spacial score (nSPS) is 14.1. The van der Waals surface area contributed by atoms with Gasteiger partial charge in [0.2, 0.25) is 15.9 Å². The lowest BCUT2D eigenvalue weighted by Gasteiger charge is -2.19. The molecule has 0 radical (unpaired) electrons. The molecule has 1 aromatic heterocycles. The van der Waals surface area contributed by atoms with Gasteiger partial charge in [-0.1, -0.05) is 13.8 Å². The number of hydrogen-bond acceptors (Lipinski definition) is 7. The minimum atomic E-state index is -3.68. The van der Waals surface area contributed by atoms with Crippen LogP contribution in [0.3, 0.4) is 0 Å². The van der Waals surface area contributed by atoms with E-state index in [9.17, 15) is 18.0 Å². The van der Waals surface area contributed by atoms with E-state index in [-0.39, 0.29) is 28.9 Å². The van der Waals surface area contributed by atoms with Crippen LogP contribution in [0, 0.1) is 0 Å². The van der Waals surface area contributed by atoms with Gasteiger partial charge in [0, 0.05) is 31.6 Å². The second-order valence-electron chi connectivity index (χ2n) is 6.68. The van der Waals surface area contributed by atoms with Crippen LogP contribution in [0.1, 0.15) is 19.5 Å². The van der Waals surface area contributed by atoms with Gasteiger partial charge in [-0.3, -0.25) is 9.69 Å². The number of hydrogen-bond donors (Lipinski definition) is 2. The molecule has 3 rings (SSSR count). The maximum absolute atomic E-state index is 12.8. The van der Waals surface area contributed by atoms with E-state index in [1.165, 1.54) is 45.9 Å². The van der Waals surface area contributed by atoms with Crippen LogP contribution in [0.5, 0.6) is 5.75 Å². The number of carbonyl (C=O) groups is 2. The number of amides is 3.